The van der Waals surface area contributed by atoms with Gasteiger partial charge in [-0.1, -0.05) is 41.5 Å². The number of rotatable bonds is 2. The van der Waals surface area contributed by atoms with E-state index in [4.69, 9.17) is 0 Å². The molecule has 0 bridgehead atoms. The van der Waals surface area contributed by atoms with Crippen molar-refractivity contribution in [3.05, 3.63) is 0 Å². The van der Waals surface area contributed by atoms with E-state index in [0.29, 0.717) is 5.41 Å². The predicted octanol–water partition coefficient (Wildman–Crippen LogP) is 2.89. The lowest BCUT2D eigenvalue weighted by atomic mass is 9.78. The molecule has 0 saturated carbocycles. The Bertz CT molecular complexity index is 89.5. The largest absolute Gasteiger partial charge is 0.412 e. The molecule has 2 N–H and O–H groups in total. The summed E-state index contributed by atoms with van der Waals surface area (Å²) >= 11 is 0. The molecule has 70 valence electrons. The van der Waals surface area contributed by atoms with Gasteiger partial charge in [-0.25, -0.2) is 0 Å². The van der Waals surface area contributed by atoms with Crippen LogP contribution in [-0.4, -0.2) is 5.48 Å². The summed E-state index contributed by atoms with van der Waals surface area (Å²) in [7, 11) is 0. The highest BCUT2D eigenvalue weighted by atomic mass is 16.0. The van der Waals surface area contributed by atoms with Gasteiger partial charge in [0.1, 0.15) is 0 Å². The van der Waals surface area contributed by atoms with E-state index in [2.05, 4.69) is 41.5 Å². The molecule has 0 heterocycles. The fourth-order valence-corrected chi connectivity index (χ4v) is 1.06. The van der Waals surface area contributed by atoms with Crippen molar-refractivity contribution in [3.8, 4) is 0 Å². The third-order valence-electron chi connectivity index (χ3n) is 2.30. The molecule has 0 amide bonds. The Morgan fingerprint density at radius 2 is 1.36 bits per heavy atom. The second kappa shape index (κ2) is 4.76. The van der Waals surface area contributed by atoms with Crippen LogP contribution in [0.25, 0.3) is 0 Å². The standard InChI is InChI=1S/C10H22.H2O/c1-8(2)7-9(3)10(4,5)6;/h8-9H,7H2,1-6H3;1H2. The molecule has 0 aliphatic heterocycles. The van der Waals surface area contributed by atoms with Gasteiger partial charge < -0.3 is 5.48 Å². The molecule has 0 aromatic heterocycles. The molecule has 0 aliphatic rings. The van der Waals surface area contributed by atoms with E-state index in [0.717, 1.165) is 11.8 Å². The average molecular weight is 160 g/mol. The minimum atomic E-state index is 0. The summed E-state index contributed by atoms with van der Waals surface area (Å²) in [4.78, 5) is 0. The first-order valence-corrected chi connectivity index (χ1v) is 4.34. The molecule has 0 aliphatic carbocycles. The fraction of sp³-hybridized carbons (Fsp3) is 1.00. The average Bonchev–Trinajstić information content (AvgIpc) is 1.60. The van der Waals surface area contributed by atoms with Crippen LogP contribution >= 0.6 is 0 Å². The molecule has 1 heteroatoms. The summed E-state index contributed by atoms with van der Waals surface area (Å²) in [5.74, 6) is 1.68. The van der Waals surface area contributed by atoms with Gasteiger partial charge in [0.25, 0.3) is 0 Å². The molecule has 0 fully saturated rings. The monoisotopic (exact) mass is 160 g/mol. The highest BCUT2D eigenvalue weighted by Gasteiger charge is 2.20. The second-order valence-corrected chi connectivity index (χ2v) is 4.90. The molecule has 0 aromatic rings. The lowest BCUT2D eigenvalue weighted by Gasteiger charge is -2.28. The number of hydrogen-bond acceptors (Lipinski definition) is 0. The zero-order chi connectivity index (χ0) is 8.36. The van der Waals surface area contributed by atoms with E-state index in [9.17, 15) is 0 Å². The molecule has 0 spiro atoms. The van der Waals surface area contributed by atoms with Crippen LogP contribution in [0.1, 0.15) is 48.0 Å². The van der Waals surface area contributed by atoms with Gasteiger partial charge in [0, 0.05) is 0 Å². The Labute approximate surface area is 71.5 Å². The van der Waals surface area contributed by atoms with Gasteiger partial charge in [0.05, 0.1) is 0 Å². The van der Waals surface area contributed by atoms with Crippen LogP contribution in [0.5, 0.6) is 0 Å². The Kier molecular flexibility index (Phi) is 5.86. The van der Waals surface area contributed by atoms with Gasteiger partial charge in [-0.2, -0.15) is 0 Å². The van der Waals surface area contributed by atoms with Crippen LogP contribution < -0.4 is 0 Å². The van der Waals surface area contributed by atoms with E-state index >= 15 is 0 Å². The minimum absolute atomic E-state index is 0. The summed E-state index contributed by atoms with van der Waals surface area (Å²) < 4.78 is 0. The van der Waals surface area contributed by atoms with E-state index in [-0.39, 0.29) is 5.48 Å². The Hall–Kier alpha value is -0.0400. The molecule has 1 atom stereocenters. The lowest BCUT2D eigenvalue weighted by Crippen LogP contribution is -2.18. The predicted molar refractivity (Wildman–Crippen MR) is 51.7 cm³/mol. The Morgan fingerprint density at radius 1 is 1.00 bits per heavy atom. The Morgan fingerprint density at radius 3 is 1.45 bits per heavy atom. The third-order valence-corrected chi connectivity index (χ3v) is 2.30. The van der Waals surface area contributed by atoms with E-state index in [1.54, 1.807) is 0 Å². The summed E-state index contributed by atoms with van der Waals surface area (Å²) in [5.41, 5.74) is 0.490. The smallest absolute Gasteiger partial charge is 0.0357 e. The highest BCUT2D eigenvalue weighted by Crippen LogP contribution is 2.30. The van der Waals surface area contributed by atoms with Crippen molar-refractivity contribution in [2.45, 2.75) is 48.0 Å². The van der Waals surface area contributed by atoms with Gasteiger partial charge in [-0.15, -0.1) is 0 Å². The van der Waals surface area contributed by atoms with Crippen LogP contribution in [0, 0.1) is 17.3 Å². The van der Waals surface area contributed by atoms with Crippen molar-refractivity contribution in [2.24, 2.45) is 17.3 Å². The van der Waals surface area contributed by atoms with Crippen molar-refractivity contribution in [2.75, 3.05) is 0 Å². The van der Waals surface area contributed by atoms with Gasteiger partial charge in [-0.3, -0.25) is 0 Å². The summed E-state index contributed by atoms with van der Waals surface area (Å²) in [6, 6.07) is 0. The first-order valence-electron chi connectivity index (χ1n) is 4.34. The van der Waals surface area contributed by atoms with E-state index < -0.39 is 0 Å². The van der Waals surface area contributed by atoms with Crippen LogP contribution in [0.2, 0.25) is 0 Å². The molecule has 1 unspecified atom stereocenters. The maximum absolute atomic E-state index is 2.35. The minimum Gasteiger partial charge on any atom is -0.412 e. The van der Waals surface area contributed by atoms with Gasteiger partial charge in [0.15, 0.2) is 0 Å². The van der Waals surface area contributed by atoms with Crippen LogP contribution in [0.15, 0.2) is 0 Å². The fourth-order valence-electron chi connectivity index (χ4n) is 1.06. The quantitative estimate of drug-likeness (QED) is 0.595. The third kappa shape index (κ3) is 6.36. The molecule has 11 heavy (non-hydrogen) atoms. The summed E-state index contributed by atoms with van der Waals surface area (Å²) in [6.45, 7) is 13.9. The van der Waals surface area contributed by atoms with E-state index in [1.165, 1.54) is 6.42 Å². The second-order valence-electron chi connectivity index (χ2n) is 4.90. The Balaban J connectivity index is 0. The number of hydrogen-bond donors (Lipinski definition) is 0. The summed E-state index contributed by atoms with van der Waals surface area (Å²) in [5, 5.41) is 0. The molecule has 1 nitrogen and oxygen atoms in total. The van der Waals surface area contributed by atoms with Crippen molar-refractivity contribution < 1.29 is 5.48 Å². The summed E-state index contributed by atoms with van der Waals surface area (Å²) in [6.07, 6.45) is 1.35. The van der Waals surface area contributed by atoms with Crippen LogP contribution in [0.3, 0.4) is 0 Å². The van der Waals surface area contributed by atoms with Crippen LogP contribution in [-0.2, 0) is 0 Å². The van der Waals surface area contributed by atoms with Crippen LogP contribution in [0.4, 0.5) is 0 Å². The molecule has 0 radical (unpaired) electrons. The van der Waals surface area contributed by atoms with E-state index in [1.807, 2.05) is 0 Å². The molecular formula is C10H24O. The highest BCUT2D eigenvalue weighted by molar-refractivity contribution is 4.70. The van der Waals surface area contributed by atoms with Crippen molar-refractivity contribution in [3.63, 3.8) is 0 Å². The van der Waals surface area contributed by atoms with Gasteiger partial charge in [0.2, 0.25) is 0 Å². The van der Waals surface area contributed by atoms with Crippen molar-refractivity contribution in [1.82, 2.24) is 0 Å². The lowest BCUT2D eigenvalue weighted by molar-refractivity contribution is 0.224. The SMILES string of the molecule is CC(C)CC(C)C(C)(C)C.O. The zero-order valence-electron chi connectivity index (χ0n) is 8.86. The molecule has 0 aromatic carbocycles. The zero-order valence-corrected chi connectivity index (χ0v) is 8.86. The maximum atomic E-state index is 2.35. The first kappa shape index (κ1) is 13.5. The normalized spacial score (nSPS) is 14.5. The molecule has 0 saturated heterocycles. The topological polar surface area (TPSA) is 31.5 Å². The van der Waals surface area contributed by atoms with Gasteiger partial charge in [-0.05, 0) is 23.7 Å². The molecular weight excluding hydrogens is 136 g/mol. The maximum Gasteiger partial charge on any atom is -0.0357 e. The van der Waals surface area contributed by atoms with Crippen molar-refractivity contribution in [1.29, 1.82) is 0 Å². The van der Waals surface area contributed by atoms with Crippen molar-refractivity contribution >= 4 is 0 Å². The first-order chi connectivity index (χ1) is 4.34. The van der Waals surface area contributed by atoms with Gasteiger partial charge >= 0.3 is 0 Å². The molecule has 0 rings (SSSR count).